The predicted octanol–water partition coefficient (Wildman–Crippen LogP) is 3.83. The number of hydrogen-bond acceptors (Lipinski definition) is 4. The smallest absolute Gasteiger partial charge is 0.311 e. The molecule has 0 aromatic heterocycles. The zero-order valence-corrected chi connectivity index (χ0v) is 17.3. The van der Waals surface area contributed by atoms with Gasteiger partial charge in [0.05, 0.1) is 16.6 Å². The summed E-state index contributed by atoms with van der Waals surface area (Å²) in [4.78, 5) is 38.1. The van der Waals surface area contributed by atoms with Crippen LogP contribution in [0.4, 0.5) is 5.69 Å². The molecule has 1 aliphatic heterocycles. The highest BCUT2D eigenvalue weighted by Crippen LogP contribution is 2.25. The van der Waals surface area contributed by atoms with Crippen LogP contribution in [0.5, 0.6) is 0 Å². The van der Waals surface area contributed by atoms with Crippen LogP contribution in [-0.2, 0) is 25.7 Å². The normalized spacial score (nSPS) is 16.0. The highest BCUT2D eigenvalue weighted by molar-refractivity contribution is 6.36. The molecule has 1 heterocycles. The maximum Gasteiger partial charge on any atom is 0.311 e. The molecule has 0 radical (unpaired) electrons. The van der Waals surface area contributed by atoms with Gasteiger partial charge >= 0.3 is 5.97 Å². The molecule has 152 valence electrons. The fourth-order valence-electron chi connectivity index (χ4n) is 3.03. The van der Waals surface area contributed by atoms with Crippen molar-refractivity contribution in [2.75, 3.05) is 18.5 Å². The van der Waals surface area contributed by atoms with Crippen molar-refractivity contribution >= 4 is 46.7 Å². The lowest BCUT2D eigenvalue weighted by Gasteiger charge is -2.16. The average Bonchev–Trinajstić information content (AvgIpc) is 3.04. The number of ether oxygens (including phenoxy) is 1. The lowest BCUT2D eigenvalue weighted by Crippen LogP contribution is -2.28. The Kier molecular flexibility index (Phi) is 6.77. The Labute approximate surface area is 178 Å². The van der Waals surface area contributed by atoms with Gasteiger partial charge in [0.1, 0.15) is 0 Å². The number of amides is 2. The van der Waals surface area contributed by atoms with Gasteiger partial charge in [0.2, 0.25) is 5.91 Å². The molecule has 1 saturated heterocycles. The predicted molar refractivity (Wildman–Crippen MR) is 111 cm³/mol. The lowest BCUT2D eigenvalue weighted by molar-refractivity contribution is -0.151. The van der Waals surface area contributed by atoms with Gasteiger partial charge in [-0.25, -0.2) is 0 Å². The molecule has 0 spiro atoms. The molecule has 0 bridgehead atoms. The number of nitrogens with zero attached hydrogens (tertiary/aromatic N) is 1. The second-order valence-electron chi connectivity index (χ2n) is 6.94. The first-order chi connectivity index (χ1) is 13.8. The number of carbonyl (C=O) groups excluding carboxylic acids is 3. The van der Waals surface area contributed by atoms with Crippen LogP contribution in [0, 0.1) is 12.8 Å². The summed E-state index contributed by atoms with van der Waals surface area (Å²) in [7, 11) is 0. The van der Waals surface area contributed by atoms with Crippen molar-refractivity contribution in [3.63, 3.8) is 0 Å². The van der Waals surface area contributed by atoms with Crippen LogP contribution in [0.3, 0.4) is 0 Å². The van der Waals surface area contributed by atoms with Gasteiger partial charge in [0.15, 0.2) is 6.61 Å². The second kappa shape index (κ2) is 9.29. The molecule has 3 rings (SSSR count). The third kappa shape index (κ3) is 5.71. The Balaban J connectivity index is 1.48. The molecule has 0 unspecified atom stereocenters. The summed E-state index contributed by atoms with van der Waals surface area (Å²) in [6.07, 6.45) is 0.0787. The maximum atomic E-state index is 12.3. The van der Waals surface area contributed by atoms with Crippen molar-refractivity contribution < 1.29 is 19.1 Å². The van der Waals surface area contributed by atoms with E-state index >= 15 is 0 Å². The van der Waals surface area contributed by atoms with Crippen LogP contribution < -0.4 is 5.32 Å². The van der Waals surface area contributed by atoms with Crippen molar-refractivity contribution in [1.82, 2.24) is 4.90 Å². The van der Waals surface area contributed by atoms with Gasteiger partial charge in [-0.1, -0.05) is 53.0 Å². The number of likely N-dealkylation sites (tertiary alicyclic amines) is 1. The largest absolute Gasteiger partial charge is 0.455 e. The van der Waals surface area contributed by atoms with E-state index in [1.165, 1.54) is 6.07 Å². The zero-order valence-electron chi connectivity index (χ0n) is 15.8. The SMILES string of the molecule is Cc1ccc(CN2C[C@@H](C(=O)OCC(=O)Nc3ccc(Cl)cc3Cl)CC2=O)cc1. The van der Waals surface area contributed by atoms with E-state index in [1.54, 1.807) is 17.0 Å². The molecular formula is C21H20Cl2N2O4. The Hall–Kier alpha value is -2.57. The van der Waals surface area contributed by atoms with Crippen molar-refractivity contribution in [2.45, 2.75) is 19.9 Å². The lowest BCUT2D eigenvalue weighted by atomic mass is 10.1. The second-order valence-corrected chi connectivity index (χ2v) is 7.78. The molecule has 1 aliphatic rings. The fraction of sp³-hybridized carbons (Fsp3) is 0.286. The molecule has 1 atom stereocenters. The molecule has 2 aromatic rings. The van der Waals surface area contributed by atoms with Crippen LogP contribution in [0.25, 0.3) is 0 Å². The summed E-state index contributed by atoms with van der Waals surface area (Å²) < 4.78 is 5.09. The summed E-state index contributed by atoms with van der Waals surface area (Å²) in [6.45, 7) is 2.25. The van der Waals surface area contributed by atoms with Gasteiger partial charge in [-0.15, -0.1) is 0 Å². The van der Waals surface area contributed by atoms with E-state index in [0.717, 1.165) is 11.1 Å². The monoisotopic (exact) mass is 434 g/mol. The highest BCUT2D eigenvalue weighted by atomic mass is 35.5. The minimum Gasteiger partial charge on any atom is -0.455 e. The van der Waals surface area contributed by atoms with Crippen molar-refractivity contribution in [3.8, 4) is 0 Å². The van der Waals surface area contributed by atoms with Gasteiger partial charge in [0.25, 0.3) is 5.91 Å². The maximum absolute atomic E-state index is 12.3. The fourth-order valence-corrected chi connectivity index (χ4v) is 3.48. The van der Waals surface area contributed by atoms with E-state index < -0.39 is 24.4 Å². The molecule has 29 heavy (non-hydrogen) atoms. The van der Waals surface area contributed by atoms with Gasteiger partial charge in [0, 0.05) is 24.5 Å². The third-order valence-electron chi connectivity index (χ3n) is 4.59. The van der Waals surface area contributed by atoms with Gasteiger partial charge in [-0.2, -0.15) is 0 Å². The Morgan fingerprint density at radius 1 is 1.17 bits per heavy atom. The van der Waals surface area contributed by atoms with Crippen molar-refractivity contribution in [3.05, 3.63) is 63.6 Å². The molecule has 2 amide bonds. The topological polar surface area (TPSA) is 75.7 Å². The standard InChI is InChI=1S/C21H20Cl2N2O4/c1-13-2-4-14(5-3-13)10-25-11-15(8-20(25)27)21(28)29-12-19(26)24-18-7-6-16(22)9-17(18)23/h2-7,9,15H,8,10-12H2,1H3,(H,24,26)/t15-/m0/s1. The number of anilines is 1. The van der Waals surface area contributed by atoms with Crippen molar-refractivity contribution in [2.24, 2.45) is 5.92 Å². The van der Waals surface area contributed by atoms with Crippen LogP contribution in [-0.4, -0.2) is 35.8 Å². The van der Waals surface area contributed by atoms with Gasteiger partial charge < -0.3 is 15.0 Å². The van der Waals surface area contributed by atoms with Crippen LogP contribution >= 0.6 is 23.2 Å². The van der Waals surface area contributed by atoms with Crippen LogP contribution in [0.2, 0.25) is 10.0 Å². The molecule has 0 aliphatic carbocycles. The van der Waals surface area contributed by atoms with E-state index in [4.69, 9.17) is 27.9 Å². The first kappa shape index (κ1) is 21.1. The molecule has 6 nitrogen and oxygen atoms in total. The third-order valence-corrected chi connectivity index (χ3v) is 5.14. The summed E-state index contributed by atoms with van der Waals surface area (Å²) in [6, 6.07) is 12.5. The molecule has 1 N–H and O–H groups in total. The van der Waals surface area contributed by atoms with Gasteiger partial charge in [-0.3, -0.25) is 14.4 Å². The van der Waals surface area contributed by atoms with E-state index in [2.05, 4.69) is 5.32 Å². The minimum absolute atomic E-state index is 0.0787. The number of aryl methyl sites for hydroxylation is 1. The summed E-state index contributed by atoms with van der Waals surface area (Å²) in [5.74, 6) is -1.78. The van der Waals surface area contributed by atoms with Crippen LogP contribution in [0.1, 0.15) is 17.5 Å². The van der Waals surface area contributed by atoms with E-state index in [9.17, 15) is 14.4 Å². The summed E-state index contributed by atoms with van der Waals surface area (Å²) >= 11 is 11.8. The van der Waals surface area contributed by atoms with Crippen molar-refractivity contribution in [1.29, 1.82) is 0 Å². The number of rotatable bonds is 6. The summed E-state index contributed by atoms with van der Waals surface area (Å²) in [5, 5.41) is 3.28. The number of esters is 1. The van der Waals surface area contributed by atoms with E-state index in [1.807, 2.05) is 31.2 Å². The average molecular weight is 435 g/mol. The molecule has 0 saturated carbocycles. The van der Waals surface area contributed by atoms with E-state index in [0.29, 0.717) is 17.3 Å². The Bertz CT molecular complexity index is 931. The molecular weight excluding hydrogens is 415 g/mol. The number of halogens is 2. The zero-order chi connectivity index (χ0) is 21.0. The van der Waals surface area contributed by atoms with Gasteiger partial charge in [-0.05, 0) is 30.7 Å². The molecule has 8 heteroatoms. The quantitative estimate of drug-likeness (QED) is 0.700. The van der Waals surface area contributed by atoms with E-state index in [-0.39, 0.29) is 23.9 Å². The minimum atomic E-state index is -0.583. The number of carbonyl (C=O) groups is 3. The molecule has 2 aromatic carbocycles. The first-order valence-corrected chi connectivity index (χ1v) is 9.82. The first-order valence-electron chi connectivity index (χ1n) is 9.06. The number of benzene rings is 2. The Morgan fingerprint density at radius 2 is 1.90 bits per heavy atom. The highest BCUT2D eigenvalue weighted by Gasteiger charge is 2.35. The summed E-state index contributed by atoms with van der Waals surface area (Å²) in [5.41, 5.74) is 2.51. The Morgan fingerprint density at radius 3 is 2.59 bits per heavy atom. The number of nitrogens with one attached hydrogen (secondary N) is 1. The number of hydrogen-bond donors (Lipinski definition) is 1. The van der Waals surface area contributed by atoms with Crippen LogP contribution in [0.15, 0.2) is 42.5 Å². The molecule has 1 fully saturated rings.